The molecule has 0 atom stereocenters. The molecule has 18 heavy (non-hydrogen) atoms. The van der Waals surface area contributed by atoms with Crippen molar-refractivity contribution in [3.05, 3.63) is 22.2 Å². The van der Waals surface area contributed by atoms with Crippen LogP contribution in [0.2, 0.25) is 0 Å². The minimum atomic E-state index is -0.446. The first-order valence-electron chi connectivity index (χ1n) is 5.92. The van der Waals surface area contributed by atoms with Crippen molar-refractivity contribution >= 4 is 23.5 Å². The van der Waals surface area contributed by atoms with Crippen LogP contribution in [0.3, 0.4) is 0 Å². The van der Waals surface area contributed by atoms with Crippen molar-refractivity contribution in [1.82, 2.24) is 10.3 Å². The highest BCUT2D eigenvalue weighted by atomic mass is 32.1. The molecule has 1 amide bonds. The SMILES string of the molecule is Cc1cnc(C=CCCNC(=O)OC(C)(C)C)s1. The molecule has 1 N–H and O–H groups in total. The normalized spacial score (nSPS) is 11.8. The number of ether oxygens (including phenoxy) is 1. The van der Waals surface area contributed by atoms with Gasteiger partial charge in [0.1, 0.15) is 10.6 Å². The molecule has 4 nitrogen and oxygen atoms in total. The number of amides is 1. The van der Waals surface area contributed by atoms with Crippen LogP contribution in [0, 0.1) is 6.92 Å². The third-order valence-corrected chi connectivity index (χ3v) is 2.76. The number of carbonyl (C=O) groups excluding carboxylic acids is 1. The number of aromatic nitrogens is 1. The van der Waals surface area contributed by atoms with Gasteiger partial charge in [0.25, 0.3) is 0 Å². The molecule has 0 aliphatic heterocycles. The van der Waals surface area contributed by atoms with Gasteiger partial charge in [0.2, 0.25) is 0 Å². The van der Waals surface area contributed by atoms with Gasteiger partial charge in [0, 0.05) is 17.6 Å². The first kappa shape index (κ1) is 14.7. The highest BCUT2D eigenvalue weighted by Crippen LogP contribution is 2.12. The maximum absolute atomic E-state index is 11.3. The number of carbonyl (C=O) groups is 1. The van der Waals surface area contributed by atoms with Crippen LogP contribution in [0.1, 0.15) is 37.1 Å². The van der Waals surface area contributed by atoms with Gasteiger partial charge in [-0.15, -0.1) is 11.3 Å². The second-order valence-corrected chi connectivity index (χ2v) is 6.20. The zero-order valence-electron chi connectivity index (χ0n) is 11.3. The van der Waals surface area contributed by atoms with E-state index in [1.807, 2.05) is 46.0 Å². The van der Waals surface area contributed by atoms with Gasteiger partial charge in [0.15, 0.2) is 0 Å². The summed E-state index contributed by atoms with van der Waals surface area (Å²) in [6.07, 6.45) is 6.20. The second kappa shape index (κ2) is 6.54. The lowest BCUT2D eigenvalue weighted by atomic mass is 10.2. The minimum Gasteiger partial charge on any atom is -0.444 e. The average molecular weight is 268 g/mol. The van der Waals surface area contributed by atoms with E-state index in [-0.39, 0.29) is 6.09 Å². The minimum absolute atomic E-state index is 0.374. The van der Waals surface area contributed by atoms with E-state index in [4.69, 9.17) is 4.74 Å². The molecule has 0 saturated heterocycles. The van der Waals surface area contributed by atoms with Gasteiger partial charge in [-0.1, -0.05) is 6.08 Å². The van der Waals surface area contributed by atoms with E-state index in [0.717, 1.165) is 11.4 Å². The number of alkyl carbamates (subject to hydrolysis) is 1. The molecule has 1 aromatic heterocycles. The predicted molar refractivity (Wildman–Crippen MR) is 74.7 cm³/mol. The summed E-state index contributed by atoms with van der Waals surface area (Å²) in [5.41, 5.74) is -0.446. The van der Waals surface area contributed by atoms with Crippen molar-refractivity contribution < 1.29 is 9.53 Å². The van der Waals surface area contributed by atoms with E-state index < -0.39 is 5.60 Å². The van der Waals surface area contributed by atoms with Gasteiger partial charge < -0.3 is 10.1 Å². The summed E-state index contributed by atoms with van der Waals surface area (Å²) < 4.78 is 5.12. The quantitative estimate of drug-likeness (QED) is 0.852. The molecule has 0 bridgehead atoms. The number of nitrogens with one attached hydrogen (secondary N) is 1. The lowest BCUT2D eigenvalue weighted by Gasteiger charge is -2.19. The molecule has 1 rings (SSSR count). The number of aryl methyl sites for hydroxylation is 1. The van der Waals surface area contributed by atoms with Crippen LogP contribution in [0.5, 0.6) is 0 Å². The molecule has 0 spiro atoms. The van der Waals surface area contributed by atoms with E-state index in [9.17, 15) is 4.79 Å². The molecule has 0 fully saturated rings. The molecular weight excluding hydrogens is 248 g/mol. The highest BCUT2D eigenvalue weighted by Gasteiger charge is 2.15. The second-order valence-electron chi connectivity index (χ2n) is 4.93. The Kier molecular flexibility index (Phi) is 5.34. The summed E-state index contributed by atoms with van der Waals surface area (Å²) in [5, 5.41) is 3.69. The molecule has 0 radical (unpaired) electrons. The van der Waals surface area contributed by atoms with E-state index >= 15 is 0 Å². The fourth-order valence-electron chi connectivity index (χ4n) is 1.21. The smallest absolute Gasteiger partial charge is 0.407 e. The van der Waals surface area contributed by atoms with Crippen molar-refractivity contribution in [3.8, 4) is 0 Å². The molecule has 100 valence electrons. The van der Waals surface area contributed by atoms with E-state index in [1.165, 1.54) is 4.88 Å². The molecule has 1 aromatic rings. The standard InChI is InChI=1S/C13H20N2O2S/c1-10-9-15-11(18-10)7-5-6-8-14-12(16)17-13(2,3)4/h5,7,9H,6,8H2,1-4H3,(H,14,16). The Labute approximate surface area is 112 Å². The number of hydrogen-bond acceptors (Lipinski definition) is 4. The zero-order valence-corrected chi connectivity index (χ0v) is 12.1. The summed E-state index contributed by atoms with van der Waals surface area (Å²) in [4.78, 5) is 16.7. The lowest BCUT2D eigenvalue weighted by Crippen LogP contribution is -2.32. The number of thiazole rings is 1. The molecular formula is C13H20N2O2S. The van der Waals surface area contributed by atoms with Crippen LogP contribution >= 0.6 is 11.3 Å². The Bertz CT molecular complexity index is 419. The van der Waals surface area contributed by atoms with Crippen molar-refractivity contribution in [2.24, 2.45) is 0 Å². The summed E-state index contributed by atoms with van der Waals surface area (Å²) in [6, 6.07) is 0. The van der Waals surface area contributed by atoms with E-state index in [2.05, 4.69) is 10.3 Å². The maximum Gasteiger partial charge on any atom is 0.407 e. The molecule has 1 heterocycles. The first-order valence-corrected chi connectivity index (χ1v) is 6.74. The van der Waals surface area contributed by atoms with Gasteiger partial charge in [-0.2, -0.15) is 0 Å². The summed E-state index contributed by atoms with van der Waals surface area (Å²) in [6.45, 7) is 8.13. The van der Waals surface area contributed by atoms with Crippen LogP contribution in [-0.4, -0.2) is 23.2 Å². The lowest BCUT2D eigenvalue weighted by molar-refractivity contribution is 0.0529. The van der Waals surface area contributed by atoms with Gasteiger partial charge in [-0.05, 0) is 40.2 Å². The molecule has 0 aliphatic rings. The van der Waals surface area contributed by atoms with Gasteiger partial charge in [0.05, 0.1) is 0 Å². The number of nitrogens with zero attached hydrogens (tertiary/aromatic N) is 1. The van der Waals surface area contributed by atoms with Crippen LogP contribution in [0.4, 0.5) is 4.79 Å². The van der Waals surface area contributed by atoms with Gasteiger partial charge >= 0.3 is 6.09 Å². The molecule has 0 aromatic carbocycles. The average Bonchev–Trinajstić information content (AvgIpc) is 2.61. The number of rotatable bonds is 4. The molecule has 5 heteroatoms. The van der Waals surface area contributed by atoms with Gasteiger partial charge in [-0.25, -0.2) is 9.78 Å². The fraction of sp³-hybridized carbons (Fsp3) is 0.538. The van der Waals surface area contributed by atoms with Crippen LogP contribution < -0.4 is 5.32 Å². The third kappa shape index (κ3) is 6.39. The largest absolute Gasteiger partial charge is 0.444 e. The Morgan fingerprint density at radius 2 is 2.28 bits per heavy atom. The highest BCUT2D eigenvalue weighted by molar-refractivity contribution is 7.12. The monoisotopic (exact) mass is 268 g/mol. The predicted octanol–water partition coefficient (Wildman–Crippen LogP) is 3.38. The van der Waals surface area contributed by atoms with E-state index in [1.54, 1.807) is 11.3 Å². The Hall–Kier alpha value is -1.36. The molecule has 0 unspecified atom stereocenters. The third-order valence-electron chi connectivity index (χ3n) is 1.88. The van der Waals surface area contributed by atoms with Crippen LogP contribution in [-0.2, 0) is 4.74 Å². The topological polar surface area (TPSA) is 51.2 Å². The Balaban J connectivity index is 2.19. The molecule has 0 saturated carbocycles. The summed E-state index contributed by atoms with van der Waals surface area (Å²) >= 11 is 1.65. The van der Waals surface area contributed by atoms with Crippen molar-refractivity contribution in [2.75, 3.05) is 6.54 Å². The van der Waals surface area contributed by atoms with Crippen LogP contribution in [0.25, 0.3) is 6.08 Å². The van der Waals surface area contributed by atoms with Gasteiger partial charge in [-0.3, -0.25) is 0 Å². The van der Waals surface area contributed by atoms with Crippen molar-refractivity contribution in [3.63, 3.8) is 0 Å². The van der Waals surface area contributed by atoms with Crippen molar-refractivity contribution in [2.45, 2.75) is 39.7 Å². The Morgan fingerprint density at radius 3 is 2.83 bits per heavy atom. The molecule has 0 aliphatic carbocycles. The zero-order chi connectivity index (χ0) is 13.6. The Morgan fingerprint density at radius 1 is 1.56 bits per heavy atom. The van der Waals surface area contributed by atoms with Crippen LogP contribution in [0.15, 0.2) is 12.3 Å². The van der Waals surface area contributed by atoms with Crippen molar-refractivity contribution in [1.29, 1.82) is 0 Å². The first-order chi connectivity index (χ1) is 8.37. The maximum atomic E-state index is 11.3. The number of hydrogen-bond donors (Lipinski definition) is 1. The van der Waals surface area contributed by atoms with E-state index in [0.29, 0.717) is 6.54 Å². The summed E-state index contributed by atoms with van der Waals surface area (Å²) in [5.74, 6) is 0. The fourth-order valence-corrected chi connectivity index (χ4v) is 1.91. The summed E-state index contributed by atoms with van der Waals surface area (Å²) in [7, 11) is 0.